The van der Waals surface area contributed by atoms with Crippen LogP contribution in [-0.2, 0) is 0 Å². The van der Waals surface area contributed by atoms with Gasteiger partial charge in [0.1, 0.15) is 8.37 Å². The summed E-state index contributed by atoms with van der Waals surface area (Å²) < 4.78 is 8.20. The molecule has 0 aromatic heterocycles. The van der Waals surface area contributed by atoms with E-state index in [-0.39, 0.29) is 8.37 Å². The molecule has 3 rings (SSSR count). The van der Waals surface area contributed by atoms with Crippen LogP contribution in [0.5, 0.6) is 0 Å². The third-order valence-electron chi connectivity index (χ3n) is 4.49. The lowest BCUT2D eigenvalue weighted by molar-refractivity contribution is 0.301. The molecule has 0 unspecified atom stereocenters. The Morgan fingerprint density at radius 3 is 2.38 bits per heavy atom. The fourth-order valence-corrected chi connectivity index (χ4v) is 6.82. The molecule has 1 aromatic carbocycles. The van der Waals surface area contributed by atoms with Crippen LogP contribution in [-0.4, -0.2) is 40.6 Å². The lowest BCUT2D eigenvalue weighted by Crippen LogP contribution is -2.39. The first-order chi connectivity index (χ1) is 10.1. The molecule has 1 aromatic rings. The molecule has 116 valence electrons. The molecule has 0 saturated carbocycles. The largest absolute Gasteiger partial charge is 0.324 e. The molecule has 21 heavy (non-hydrogen) atoms. The molecule has 0 bridgehead atoms. The molecule has 2 aliphatic heterocycles. The van der Waals surface area contributed by atoms with E-state index in [1.807, 2.05) is 0 Å². The van der Waals surface area contributed by atoms with Gasteiger partial charge in [-0.05, 0) is 52.7 Å². The number of hydrogen-bond acceptors (Lipinski definition) is 3. The van der Waals surface area contributed by atoms with Gasteiger partial charge in [0.2, 0.25) is 0 Å². The number of hydrogen-bond donors (Lipinski definition) is 0. The van der Waals surface area contributed by atoms with E-state index in [9.17, 15) is 0 Å². The van der Waals surface area contributed by atoms with Crippen molar-refractivity contribution in [2.45, 2.75) is 58.7 Å². The van der Waals surface area contributed by atoms with Gasteiger partial charge in [0, 0.05) is 36.9 Å². The normalized spacial score (nSPS) is 26.3. The van der Waals surface area contributed by atoms with Gasteiger partial charge in [0.25, 0.3) is 0 Å². The van der Waals surface area contributed by atoms with Crippen molar-refractivity contribution in [2.24, 2.45) is 0 Å². The number of fused-ring (bicyclic) bond motifs is 1. The molecule has 2 heterocycles. The molecular formula is C17H28N3P. The first-order valence-electron chi connectivity index (χ1n) is 8.27. The van der Waals surface area contributed by atoms with Gasteiger partial charge in [0.05, 0.1) is 0 Å². The second kappa shape index (κ2) is 6.24. The Bertz CT molecular complexity index is 454. The Kier molecular flexibility index (Phi) is 4.54. The summed E-state index contributed by atoms with van der Waals surface area (Å²) in [6, 6.07) is 12.9. The number of rotatable bonds is 4. The zero-order chi connectivity index (χ0) is 15.0. The zero-order valence-electron chi connectivity index (χ0n) is 13.7. The molecule has 0 radical (unpaired) electrons. The van der Waals surface area contributed by atoms with E-state index in [1.54, 1.807) is 0 Å². The Morgan fingerprint density at radius 2 is 1.76 bits per heavy atom. The Morgan fingerprint density at radius 1 is 1.10 bits per heavy atom. The number of nitrogens with zero attached hydrogens (tertiary/aromatic N) is 3. The molecule has 0 N–H and O–H groups in total. The summed E-state index contributed by atoms with van der Waals surface area (Å²) in [5.41, 5.74) is 1.39. The maximum atomic E-state index is 2.79. The van der Waals surface area contributed by atoms with Crippen molar-refractivity contribution in [3.05, 3.63) is 30.3 Å². The van der Waals surface area contributed by atoms with Gasteiger partial charge < -0.3 is 4.67 Å². The first-order valence-corrected chi connectivity index (χ1v) is 9.47. The van der Waals surface area contributed by atoms with Gasteiger partial charge in [-0.2, -0.15) is 0 Å². The van der Waals surface area contributed by atoms with Crippen molar-refractivity contribution >= 4 is 14.1 Å². The predicted octanol–water partition coefficient (Wildman–Crippen LogP) is 4.32. The van der Waals surface area contributed by atoms with Crippen LogP contribution in [0.3, 0.4) is 0 Å². The first kappa shape index (κ1) is 15.3. The Hall–Kier alpha value is -0.630. The van der Waals surface area contributed by atoms with Crippen molar-refractivity contribution < 1.29 is 0 Å². The third kappa shape index (κ3) is 2.84. The molecule has 2 atom stereocenters. The highest BCUT2D eigenvalue weighted by molar-refractivity contribution is 7.55. The molecule has 0 amide bonds. The van der Waals surface area contributed by atoms with Gasteiger partial charge in [-0.25, -0.2) is 9.34 Å². The smallest absolute Gasteiger partial charge is 0.150 e. The van der Waals surface area contributed by atoms with E-state index in [1.165, 1.54) is 31.6 Å². The van der Waals surface area contributed by atoms with Crippen molar-refractivity contribution in [1.29, 1.82) is 0 Å². The maximum Gasteiger partial charge on any atom is 0.150 e. The summed E-state index contributed by atoms with van der Waals surface area (Å²) in [4.78, 5) is 0. The highest BCUT2D eigenvalue weighted by Crippen LogP contribution is 2.59. The summed E-state index contributed by atoms with van der Waals surface area (Å²) in [7, 11) is -0.368. The molecular weight excluding hydrogens is 277 g/mol. The van der Waals surface area contributed by atoms with E-state index in [4.69, 9.17) is 0 Å². The van der Waals surface area contributed by atoms with Crippen LogP contribution in [0.15, 0.2) is 30.3 Å². The Labute approximate surface area is 130 Å². The average Bonchev–Trinajstić information content (AvgIpc) is 3.01. The standard InChI is InChI=1S/C17H28N3P/c1-14(2)20(15(3)4)21-18-12-8-11-17(18)13-19(21)16-9-6-5-7-10-16/h5-7,9-10,14-15,17H,8,11-13H2,1-4H3/t17-,21-/m0/s1. The molecule has 0 aliphatic carbocycles. The van der Waals surface area contributed by atoms with Crippen molar-refractivity contribution in [3.63, 3.8) is 0 Å². The summed E-state index contributed by atoms with van der Waals surface area (Å²) in [5, 5.41) is 0. The highest BCUT2D eigenvalue weighted by Gasteiger charge is 2.46. The molecule has 0 spiro atoms. The third-order valence-corrected chi connectivity index (χ3v) is 7.64. The molecule has 3 nitrogen and oxygen atoms in total. The van der Waals surface area contributed by atoms with Crippen molar-refractivity contribution in [2.75, 3.05) is 17.8 Å². The zero-order valence-corrected chi connectivity index (χ0v) is 14.6. The quantitative estimate of drug-likeness (QED) is 0.767. The van der Waals surface area contributed by atoms with Crippen LogP contribution in [0.4, 0.5) is 5.69 Å². The van der Waals surface area contributed by atoms with E-state index < -0.39 is 0 Å². The van der Waals surface area contributed by atoms with Crippen LogP contribution >= 0.6 is 8.37 Å². The summed E-state index contributed by atoms with van der Waals surface area (Å²) in [6.07, 6.45) is 2.74. The highest BCUT2D eigenvalue weighted by atomic mass is 31.2. The minimum Gasteiger partial charge on any atom is -0.324 e. The van der Waals surface area contributed by atoms with E-state index in [0.29, 0.717) is 12.1 Å². The van der Waals surface area contributed by atoms with Gasteiger partial charge in [-0.3, -0.25) is 0 Å². The Balaban J connectivity index is 1.95. The second-order valence-corrected chi connectivity index (χ2v) is 8.71. The van der Waals surface area contributed by atoms with Crippen molar-refractivity contribution in [1.82, 2.24) is 9.34 Å². The van der Waals surface area contributed by atoms with E-state index in [2.05, 4.69) is 72.0 Å². The SMILES string of the molecule is CC(C)N(C(C)C)[P@]1N(c2ccccc2)C[C@@H]2CCCN21. The monoisotopic (exact) mass is 305 g/mol. The molecule has 2 fully saturated rings. The van der Waals surface area contributed by atoms with E-state index >= 15 is 0 Å². The van der Waals surface area contributed by atoms with Gasteiger partial charge >= 0.3 is 0 Å². The lowest BCUT2D eigenvalue weighted by Gasteiger charge is -2.43. The van der Waals surface area contributed by atoms with Gasteiger partial charge in [-0.1, -0.05) is 18.2 Å². The van der Waals surface area contributed by atoms with Crippen molar-refractivity contribution in [3.8, 4) is 0 Å². The number of benzene rings is 1. The van der Waals surface area contributed by atoms with Crippen LogP contribution in [0, 0.1) is 0 Å². The number of para-hydroxylation sites is 1. The van der Waals surface area contributed by atoms with Crippen LogP contribution in [0.1, 0.15) is 40.5 Å². The summed E-state index contributed by atoms with van der Waals surface area (Å²) in [6.45, 7) is 11.8. The van der Waals surface area contributed by atoms with Crippen LogP contribution in [0.25, 0.3) is 0 Å². The second-order valence-electron chi connectivity index (χ2n) is 6.71. The van der Waals surface area contributed by atoms with Crippen LogP contribution < -0.4 is 4.67 Å². The fraction of sp³-hybridized carbons (Fsp3) is 0.647. The minimum atomic E-state index is -0.368. The number of anilines is 1. The summed E-state index contributed by atoms with van der Waals surface area (Å²) in [5.74, 6) is 0. The van der Waals surface area contributed by atoms with E-state index in [0.717, 1.165) is 6.04 Å². The fourth-order valence-electron chi connectivity index (χ4n) is 3.73. The lowest BCUT2D eigenvalue weighted by atomic mass is 10.2. The molecule has 2 aliphatic rings. The molecule has 2 saturated heterocycles. The minimum absolute atomic E-state index is 0.368. The van der Waals surface area contributed by atoms with Gasteiger partial charge in [0.15, 0.2) is 0 Å². The predicted molar refractivity (Wildman–Crippen MR) is 92.5 cm³/mol. The topological polar surface area (TPSA) is 9.72 Å². The molecule has 4 heteroatoms. The summed E-state index contributed by atoms with van der Waals surface area (Å²) >= 11 is 0. The maximum absolute atomic E-state index is 2.79. The average molecular weight is 305 g/mol. The van der Waals surface area contributed by atoms with Gasteiger partial charge in [-0.15, -0.1) is 0 Å². The van der Waals surface area contributed by atoms with Crippen LogP contribution in [0.2, 0.25) is 0 Å².